The first-order valence-corrected chi connectivity index (χ1v) is 3.11. The topological polar surface area (TPSA) is 101 Å². The van der Waals surface area contributed by atoms with Gasteiger partial charge >= 0.3 is 5.97 Å². The third-order valence-corrected chi connectivity index (χ3v) is 1.34. The van der Waals surface area contributed by atoms with Gasteiger partial charge in [-0.15, -0.1) is 0 Å². The molecule has 12 heavy (non-hydrogen) atoms. The number of rotatable bonds is 1. The fraction of sp³-hybridized carbons (Fsp3) is 0.143. The molecule has 0 aromatic heterocycles. The van der Waals surface area contributed by atoms with E-state index in [1.165, 1.54) is 0 Å². The van der Waals surface area contributed by atoms with Crippen molar-refractivity contribution >= 4 is 0 Å². The van der Waals surface area contributed by atoms with Crippen LogP contribution in [0.25, 0.3) is 0 Å². The minimum atomic E-state index is -3.14. The second-order valence-electron chi connectivity index (χ2n) is 2.34. The molecular weight excluding hydrogens is 164 g/mol. The Bertz CT molecular complexity index is 288. The van der Waals surface area contributed by atoms with Crippen LogP contribution in [0.1, 0.15) is 5.56 Å². The smallest absolute Gasteiger partial charge is 0.308 e. The summed E-state index contributed by atoms with van der Waals surface area (Å²) in [4.78, 5) is 0. The molecule has 0 saturated heterocycles. The van der Waals surface area contributed by atoms with Crippen LogP contribution >= 0.6 is 0 Å². The summed E-state index contributed by atoms with van der Waals surface area (Å²) in [6.45, 7) is 0. The zero-order valence-corrected chi connectivity index (χ0v) is 5.97. The van der Waals surface area contributed by atoms with Gasteiger partial charge in [-0.1, -0.05) is 0 Å². The zero-order chi connectivity index (χ0) is 9.35. The Morgan fingerprint density at radius 3 is 2.00 bits per heavy atom. The van der Waals surface area contributed by atoms with Crippen molar-refractivity contribution in [3.63, 3.8) is 0 Å². The molecule has 0 radical (unpaired) electrons. The molecule has 0 aliphatic heterocycles. The first-order valence-electron chi connectivity index (χ1n) is 3.11. The van der Waals surface area contributed by atoms with Crippen LogP contribution < -0.4 is 0 Å². The molecule has 0 fully saturated rings. The highest BCUT2D eigenvalue weighted by Gasteiger charge is 2.25. The fourth-order valence-corrected chi connectivity index (χ4v) is 0.793. The van der Waals surface area contributed by atoms with Gasteiger partial charge in [-0.25, -0.2) is 0 Å². The summed E-state index contributed by atoms with van der Waals surface area (Å²) in [7, 11) is 0. The first kappa shape index (κ1) is 8.79. The predicted molar refractivity (Wildman–Crippen MR) is 38.1 cm³/mol. The van der Waals surface area contributed by atoms with E-state index >= 15 is 0 Å². The Balaban J connectivity index is 3.23. The van der Waals surface area contributed by atoms with E-state index in [1.807, 2.05) is 0 Å². The van der Waals surface area contributed by atoms with Crippen molar-refractivity contribution in [3.05, 3.63) is 23.8 Å². The van der Waals surface area contributed by atoms with Crippen molar-refractivity contribution in [2.24, 2.45) is 0 Å². The first-order chi connectivity index (χ1) is 5.41. The van der Waals surface area contributed by atoms with E-state index in [0.717, 1.165) is 18.2 Å². The lowest BCUT2D eigenvalue weighted by atomic mass is 10.1. The molecule has 0 atom stereocenters. The van der Waals surface area contributed by atoms with Crippen LogP contribution in [0.4, 0.5) is 0 Å². The Labute approximate surface area is 67.8 Å². The maximum Gasteiger partial charge on any atom is 0.308 e. The lowest BCUT2D eigenvalue weighted by Gasteiger charge is -2.15. The highest BCUT2D eigenvalue weighted by Crippen LogP contribution is 2.28. The second-order valence-corrected chi connectivity index (χ2v) is 2.34. The Morgan fingerprint density at radius 2 is 1.58 bits per heavy atom. The Kier molecular flexibility index (Phi) is 1.93. The lowest BCUT2D eigenvalue weighted by molar-refractivity contribution is -0.324. The molecule has 5 N–H and O–H groups in total. The third kappa shape index (κ3) is 1.65. The average Bonchev–Trinajstić information content (AvgIpc) is 1.92. The van der Waals surface area contributed by atoms with Gasteiger partial charge < -0.3 is 25.5 Å². The van der Waals surface area contributed by atoms with Crippen LogP contribution in [0.15, 0.2) is 18.2 Å². The van der Waals surface area contributed by atoms with Crippen LogP contribution in [-0.2, 0) is 5.97 Å². The van der Waals surface area contributed by atoms with Crippen molar-refractivity contribution in [3.8, 4) is 11.5 Å². The van der Waals surface area contributed by atoms with Crippen molar-refractivity contribution in [2.75, 3.05) is 0 Å². The molecule has 0 bridgehead atoms. The number of hydrogen-bond donors (Lipinski definition) is 5. The molecule has 5 nitrogen and oxygen atoms in total. The van der Waals surface area contributed by atoms with E-state index < -0.39 is 17.3 Å². The lowest BCUT2D eigenvalue weighted by Crippen LogP contribution is -2.23. The van der Waals surface area contributed by atoms with E-state index in [1.54, 1.807) is 0 Å². The van der Waals surface area contributed by atoms with Crippen molar-refractivity contribution in [1.29, 1.82) is 0 Å². The standard InChI is InChI=1S/C7H8O5/c8-4-1-2-6(9)5(3-4)7(10,11)12/h1-3,8-12H. The monoisotopic (exact) mass is 172 g/mol. The van der Waals surface area contributed by atoms with Gasteiger partial charge in [-0.2, -0.15) is 0 Å². The second kappa shape index (κ2) is 2.63. The van der Waals surface area contributed by atoms with Gasteiger partial charge in [0.15, 0.2) is 0 Å². The van der Waals surface area contributed by atoms with Crippen LogP contribution in [0.3, 0.4) is 0 Å². The summed E-state index contributed by atoms with van der Waals surface area (Å²) < 4.78 is 0. The van der Waals surface area contributed by atoms with Gasteiger partial charge in [-0.05, 0) is 18.2 Å². The van der Waals surface area contributed by atoms with Crippen LogP contribution in [0.5, 0.6) is 11.5 Å². The number of phenolic OH excluding ortho intramolecular Hbond substituents is 2. The summed E-state index contributed by atoms with van der Waals surface area (Å²) >= 11 is 0. The molecule has 1 rings (SSSR count). The number of aliphatic hydroxyl groups is 3. The quantitative estimate of drug-likeness (QED) is 0.281. The molecule has 5 heteroatoms. The van der Waals surface area contributed by atoms with E-state index in [-0.39, 0.29) is 5.75 Å². The van der Waals surface area contributed by atoms with Gasteiger partial charge in [0.2, 0.25) is 0 Å². The van der Waals surface area contributed by atoms with Crippen LogP contribution in [0.2, 0.25) is 0 Å². The summed E-state index contributed by atoms with van der Waals surface area (Å²) in [6, 6.07) is 3.02. The van der Waals surface area contributed by atoms with Crippen molar-refractivity contribution in [1.82, 2.24) is 0 Å². The maximum atomic E-state index is 8.98. The molecule has 0 aliphatic carbocycles. The molecule has 66 valence electrons. The minimum absolute atomic E-state index is 0.288. The van der Waals surface area contributed by atoms with Gasteiger partial charge in [0.25, 0.3) is 0 Å². The fourth-order valence-electron chi connectivity index (χ4n) is 0.793. The Hall–Kier alpha value is -1.30. The third-order valence-electron chi connectivity index (χ3n) is 1.34. The number of phenols is 2. The molecule has 0 saturated carbocycles. The van der Waals surface area contributed by atoms with E-state index in [9.17, 15) is 0 Å². The van der Waals surface area contributed by atoms with Crippen LogP contribution in [0, 0.1) is 0 Å². The summed E-state index contributed by atoms with van der Waals surface area (Å²) in [6.07, 6.45) is 0. The summed E-state index contributed by atoms with van der Waals surface area (Å²) in [5.74, 6) is -3.94. The van der Waals surface area contributed by atoms with Crippen molar-refractivity contribution in [2.45, 2.75) is 5.97 Å². The number of hydrogen-bond acceptors (Lipinski definition) is 5. The average molecular weight is 172 g/mol. The summed E-state index contributed by atoms with van der Waals surface area (Å²) in [5.41, 5.74) is -0.567. The van der Waals surface area contributed by atoms with Gasteiger partial charge in [0.05, 0.1) is 5.56 Å². The van der Waals surface area contributed by atoms with Crippen molar-refractivity contribution < 1.29 is 25.5 Å². The van der Waals surface area contributed by atoms with Gasteiger partial charge in [0, 0.05) is 0 Å². The maximum absolute atomic E-state index is 8.98. The molecular formula is C7H8O5. The molecule has 0 heterocycles. The summed E-state index contributed by atoms with van der Waals surface area (Å²) in [5, 5.41) is 43.7. The highest BCUT2D eigenvalue weighted by atomic mass is 16.7. The molecule has 0 amide bonds. The van der Waals surface area contributed by atoms with E-state index in [0.29, 0.717) is 0 Å². The predicted octanol–water partition coefficient (Wildman–Crippen LogP) is -0.815. The highest BCUT2D eigenvalue weighted by molar-refractivity contribution is 5.40. The Morgan fingerprint density at radius 1 is 1.00 bits per heavy atom. The van der Waals surface area contributed by atoms with Gasteiger partial charge in [-0.3, -0.25) is 0 Å². The largest absolute Gasteiger partial charge is 0.508 e. The molecule has 1 aromatic carbocycles. The normalized spacial score (nSPS) is 11.6. The number of benzene rings is 1. The minimum Gasteiger partial charge on any atom is -0.508 e. The molecule has 0 aliphatic rings. The number of aromatic hydroxyl groups is 2. The van der Waals surface area contributed by atoms with Gasteiger partial charge in [0.1, 0.15) is 11.5 Å². The SMILES string of the molecule is Oc1ccc(O)c(C(O)(O)O)c1. The van der Waals surface area contributed by atoms with E-state index in [2.05, 4.69) is 0 Å². The molecule has 0 spiro atoms. The van der Waals surface area contributed by atoms with E-state index in [4.69, 9.17) is 25.5 Å². The molecule has 0 unspecified atom stereocenters. The van der Waals surface area contributed by atoms with Crippen LogP contribution in [-0.4, -0.2) is 25.5 Å². The zero-order valence-electron chi connectivity index (χ0n) is 5.97. The molecule has 1 aromatic rings.